The van der Waals surface area contributed by atoms with E-state index in [1.807, 2.05) is 42.5 Å². The minimum Gasteiger partial charge on any atom is -0.355 e. The van der Waals surface area contributed by atoms with Crippen LogP contribution in [0.1, 0.15) is 44.2 Å². The van der Waals surface area contributed by atoms with E-state index in [0.29, 0.717) is 11.4 Å². The van der Waals surface area contributed by atoms with Crippen LogP contribution >= 0.6 is 11.8 Å². The zero-order valence-corrected chi connectivity index (χ0v) is 21.1. The van der Waals surface area contributed by atoms with Gasteiger partial charge in [0.05, 0.1) is 10.6 Å². The van der Waals surface area contributed by atoms with Gasteiger partial charge in [-0.1, -0.05) is 62.0 Å². The van der Waals surface area contributed by atoms with E-state index in [-0.39, 0.29) is 18.4 Å². The highest BCUT2D eigenvalue weighted by Gasteiger charge is 2.30. The number of piperidine rings is 1. The van der Waals surface area contributed by atoms with Gasteiger partial charge in [0.2, 0.25) is 5.91 Å². The van der Waals surface area contributed by atoms with Gasteiger partial charge in [0.15, 0.2) is 0 Å². The number of anilines is 1. The van der Waals surface area contributed by atoms with E-state index in [0.717, 1.165) is 54.5 Å². The minimum absolute atomic E-state index is 0.0310. The lowest BCUT2D eigenvalue weighted by Crippen LogP contribution is -2.43. The van der Waals surface area contributed by atoms with Gasteiger partial charge in [0.25, 0.3) is 5.91 Å². The second-order valence-electron chi connectivity index (χ2n) is 9.32. The number of hydrogen-bond donors (Lipinski definition) is 1. The molecule has 5 nitrogen and oxygen atoms in total. The Bertz CT molecular complexity index is 1030. The number of nitrogens with zero attached hydrogens (tertiary/aromatic N) is 2. The summed E-state index contributed by atoms with van der Waals surface area (Å²) in [6.45, 7) is 8.42. The van der Waals surface area contributed by atoms with E-state index in [1.54, 1.807) is 4.90 Å². The molecule has 2 aromatic carbocycles. The number of nitrogens with one attached hydrogen (secondary N) is 1. The first-order valence-corrected chi connectivity index (χ1v) is 13.2. The van der Waals surface area contributed by atoms with E-state index in [4.69, 9.17) is 0 Å². The van der Waals surface area contributed by atoms with Crippen molar-refractivity contribution in [2.75, 3.05) is 37.6 Å². The SMILES string of the molecule is CCc1ccc(/C=C2/Sc3ccccc3N(CC(=O)NCCCN3CCCC(C)C3)C2=O)cc1. The first-order valence-electron chi connectivity index (χ1n) is 12.4. The van der Waals surface area contributed by atoms with Crippen LogP contribution in [0.4, 0.5) is 5.69 Å². The molecular formula is C28H35N3O2S. The van der Waals surface area contributed by atoms with Crippen molar-refractivity contribution in [2.45, 2.75) is 44.4 Å². The van der Waals surface area contributed by atoms with E-state index >= 15 is 0 Å². The molecule has 0 spiro atoms. The number of benzene rings is 2. The van der Waals surface area contributed by atoms with Gasteiger partial charge in [0.1, 0.15) is 6.54 Å². The van der Waals surface area contributed by atoms with Crippen LogP contribution in [0.15, 0.2) is 58.3 Å². The van der Waals surface area contributed by atoms with Crippen molar-refractivity contribution in [1.82, 2.24) is 10.2 Å². The number of fused-ring (bicyclic) bond motifs is 1. The molecule has 0 bridgehead atoms. The van der Waals surface area contributed by atoms with Gasteiger partial charge in [0, 0.05) is 18.0 Å². The molecule has 1 atom stereocenters. The number of hydrogen-bond acceptors (Lipinski definition) is 4. The molecule has 1 unspecified atom stereocenters. The summed E-state index contributed by atoms with van der Waals surface area (Å²) in [6.07, 6.45) is 6.42. The van der Waals surface area contributed by atoms with Crippen molar-refractivity contribution < 1.29 is 9.59 Å². The third-order valence-corrected chi connectivity index (χ3v) is 7.61. The monoisotopic (exact) mass is 477 g/mol. The average Bonchev–Trinajstić information content (AvgIpc) is 2.85. The topological polar surface area (TPSA) is 52.7 Å². The fourth-order valence-electron chi connectivity index (χ4n) is 4.64. The number of rotatable bonds is 8. The summed E-state index contributed by atoms with van der Waals surface area (Å²) in [4.78, 5) is 31.9. The van der Waals surface area contributed by atoms with Crippen molar-refractivity contribution in [2.24, 2.45) is 5.92 Å². The molecule has 1 N–H and O–H groups in total. The highest BCUT2D eigenvalue weighted by atomic mass is 32.2. The maximum atomic E-state index is 13.4. The molecule has 0 aliphatic carbocycles. The van der Waals surface area contributed by atoms with Crippen molar-refractivity contribution in [3.8, 4) is 0 Å². The number of para-hydroxylation sites is 1. The summed E-state index contributed by atoms with van der Waals surface area (Å²) in [5.41, 5.74) is 3.06. The van der Waals surface area contributed by atoms with Gasteiger partial charge < -0.3 is 10.2 Å². The average molecular weight is 478 g/mol. The number of aryl methyl sites for hydroxylation is 1. The van der Waals surface area contributed by atoms with Crippen LogP contribution in [0.5, 0.6) is 0 Å². The van der Waals surface area contributed by atoms with Gasteiger partial charge in [-0.25, -0.2) is 0 Å². The number of amides is 2. The van der Waals surface area contributed by atoms with Gasteiger partial charge >= 0.3 is 0 Å². The lowest BCUT2D eigenvalue weighted by molar-refractivity contribution is -0.122. The molecule has 0 aromatic heterocycles. The van der Waals surface area contributed by atoms with Crippen LogP contribution in [0, 0.1) is 5.92 Å². The van der Waals surface area contributed by atoms with Gasteiger partial charge in [-0.15, -0.1) is 0 Å². The first-order chi connectivity index (χ1) is 16.5. The standard InChI is InChI=1S/C28H35N3O2S/c1-3-22-11-13-23(14-12-22)18-26-28(33)31(24-9-4-5-10-25(24)34-26)20-27(32)29-15-7-17-30-16-6-8-21(2)19-30/h4-5,9-14,18,21H,3,6-8,15-17,19-20H2,1-2H3,(H,29,32)/b26-18+. The summed E-state index contributed by atoms with van der Waals surface area (Å²) in [7, 11) is 0. The molecule has 2 aliphatic rings. The quantitative estimate of drug-likeness (QED) is 0.431. The predicted molar refractivity (Wildman–Crippen MR) is 141 cm³/mol. The molecule has 6 heteroatoms. The van der Waals surface area contributed by atoms with E-state index < -0.39 is 0 Å². The third-order valence-electron chi connectivity index (χ3n) is 6.53. The molecule has 1 fully saturated rings. The van der Waals surface area contributed by atoms with Crippen molar-refractivity contribution >= 4 is 35.3 Å². The van der Waals surface area contributed by atoms with E-state index in [9.17, 15) is 9.59 Å². The largest absolute Gasteiger partial charge is 0.355 e. The lowest BCUT2D eigenvalue weighted by Gasteiger charge is -2.31. The lowest BCUT2D eigenvalue weighted by atomic mass is 10.0. The Labute approximate surface area is 207 Å². The molecule has 2 heterocycles. The highest BCUT2D eigenvalue weighted by molar-refractivity contribution is 8.04. The summed E-state index contributed by atoms with van der Waals surface area (Å²) >= 11 is 1.47. The third kappa shape index (κ3) is 6.30. The summed E-state index contributed by atoms with van der Waals surface area (Å²) in [5.74, 6) is 0.521. The molecule has 34 heavy (non-hydrogen) atoms. The summed E-state index contributed by atoms with van der Waals surface area (Å²) in [6, 6.07) is 16.1. The molecule has 0 radical (unpaired) electrons. The Balaban J connectivity index is 1.38. The second-order valence-corrected chi connectivity index (χ2v) is 10.4. The molecule has 180 valence electrons. The van der Waals surface area contributed by atoms with Gasteiger partial charge in [-0.2, -0.15) is 0 Å². The van der Waals surface area contributed by atoms with Crippen LogP contribution in [-0.4, -0.2) is 49.4 Å². The molecule has 2 amide bonds. The Hall–Kier alpha value is -2.57. The normalized spacial score (nSPS) is 19.8. The molecule has 2 aliphatic heterocycles. The Morgan fingerprint density at radius 2 is 1.97 bits per heavy atom. The fourth-order valence-corrected chi connectivity index (χ4v) is 5.70. The molecular weight excluding hydrogens is 442 g/mol. The first kappa shape index (κ1) is 24.6. The van der Waals surface area contributed by atoms with Gasteiger partial charge in [-0.3, -0.25) is 14.5 Å². The molecule has 2 aromatic rings. The van der Waals surface area contributed by atoms with Crippen LogP contribution in [0.3, 0.4) is 0 Å². The molecule has 0 saturated carbocycles. The minimum atomic E-state index is -0.124. The maximum absolute atomic E-state index is 13.4. The van der Waals surface area contributed by atoms with Crippen LogP contribution in [0.2, 0.25) is 0 Å². The van der Waals surface area contributed by atoms with Crippen molar-refractivity contribution in [1.29, 1.82) is 0 Å². The van der Waals surface area contributed by atoms with Crippen molar-refractivity contribution in [3.63, 3.8) is 0 Å². The zero-order chi connectivity index (χ0) is 23.9. The molecule has 4 rings (SSSR count). The number of carbonyl (C=O) groups is 2. The van der Waals surface area contributed by atoms with E-state index in [2.05, 4.69) is 36.2 Å². The number of likely N-dealkylation sites (tertiary alicyclic amines) is 1. The predicted octanol–water partition coefficient (Wildman–Crippen LogP) is 4.97. The van der Waals surface area contributed by atoms with Gasteiger partial charge in [-0.05, 0) is 74.0 Å². The number of carbonyl (C=O) groups excluding carboxylic acids is 2. The summed E-state index contributed by atoms with van der Waals surface area (Å²) < 4.78 is 0. The number of thioether (sulfide) groups is 1. The Morgan fingerprint density at radius 3 is 2.74 bits per heavy atom. The van der Waals surface area contributed by atoms with Crippen molar-refractivity contribution in [3.05, 3.63) is 64.6 Å². The second kappa shape index (κ2) is 11.7. The Morgan fingerprint density at radius 1 is 1.18 bits per heavy atom. The Kier molecular flexibility index (Phi) is 8.46. The van der Waals surface area contributed by atoms with E-state index in [1.165, 1.54) is 30.2 Å². The smallest absolute Gasteiger partial charge is 0.265 e. The fraction of sp³-hybridized carbons (Fsp3) is 0.429. The summed E-state index contributed by atoms with van der Waals surface area (Å²) in [5, 5.41) is 3.02. The zero-order valence-electron chi connectivity index (χ0n) is 20.3. The van der Waals surface area contributed by atoms with Crippen LogP contribution < -0.4 is 10.2 Å². The van der Waals surface area contributed by atoms with Crippen LogP contribution in [-0.2, 0) is 16.0 Å². The van der Waals surface area contributed by atoms with Crippen LogP contribution in [0.25, 0.3) is 6.08 Å². The molecule has 1 saturated heterocycles. The highest BCUT2D eigenvalue weighted by Crippen LogP contribution is 2.41. The maximum Gasteiger partial charge on any atom is 0.265 e.